The van der Waals surface area contributed by atoms with Gasteiger partial charge in [0.2, 0.25) is 5.91 Å². The Hall–Kier alpha value is -1.77. The SMILES string of the molecule is O=C(CCCCc1ccc(Cl)cc1)N1CC=C(c2ccc(Cl)cc2)CC1. The topological polar surface area (TPSA) is 20.3 Å². The quantitative estimate of drug-likeness (QED) is 0.554. The van der Waals surface area contributed by atoms with E-state index >= 15 is 0 Å². The van der Waals surface area contributed by atoms with Crippen molar-refractivity contribution in [1.82, 2.24) is 4.90 Å². The molecule has 0 N–H and O–H groups in total. The van der Waals surface area contributed by atoms with Gasteiger partial charge in [0.1, 0.15) is 0 Å². The largest absolute Gasteiger partial charge is 0.339 e. The van der Waals surface area contributed by atoms with Crippen LogP contribution in [0.5, 0.6) is 0 Å². The van der Waals surface area contributed by atoms with E-state index < -0.39 is 0 Å². The van der Waals surface area contributed by atoms with E-state index in [0.29, 0.717) is 13.0 Å². The van der Waals surface area contributed by atoms with E-state index in [4.69, 9.17) is 23.2 Å². The van der Waals surface area contributed by atoms with Crippen molar-refractivity contribution in [3.05, 3.63) is 75.8 Å². The molecular formula is C22H23Cl2NO. The summed E-state index contributed by atoms with van der Waals surface area (Å²) in [7, 11) is 0. The molecule has 1 amide bonds. The number of hydrogen-bond donors (Lipinski definition) is 0. The highest BCUT2D eigenvalue weighted by Crippen LogP contribution is 2.24. The second kappa shape index (κ2) is 9.25. The predicted octanol–water partition coefficient (Wildman–Crippen LogP) is 6.02. The van der Waals surface area contributed by atoms with Crippen LogP contribution in [0.3, 0.4) is 0 Å². The molecule has 2 aromatic rings. The average Bonchev–Trinajstić information content (AvgIpc) is 2.67. The highest BCUT2D eigenvalue weighted by atomic mass is 35.5. The molecule has 136 valence electrons. The number of aryl methyl sites for hydroxylation is 1. The van der Waals surface area contributed by atoms with Crippen molar-refractivity contribution in [3.8, 4) is 0 Å². The van der Waals surface area contributed by atoms with Crippen LogP contribution in [0.2, 0.25) is 10.0 Å². The summed E-state index contributed by atoms with van der Waals surface area (Å²) >= 11 is 11.8. The third-order valence-corrected chi connectivity index (χ3v) is 5.30. The lowest BCUT2D eigenvalue weighted by Crippen LogP contribution is -2.34. The van der Waals surface area contributed by atoms with Gasteiger partial charge < -0.3 is 4.90 Å². The molecule has 0 fully saturated rings. The van der Waals surface area contributed by atoms with Crippen molar-refractivity contribution < 1.29 is 4.79 Å². The summed E-state index contributed by atoms with van der Waals surface area (Å²) in [4.78, 5) is 14.4. The average molecular weight is 388 g/mol. The van der Waals surface area contributed by atoms with E-state index in [1.807, 2.05) is 41.3 Å². The Morgan fingerprint density at radius 1 is 0.923 bits per heavy atom. The van der Waals surface area contributed by atoms with Crippen molar-refractivity contribution >= 4 is 34.7 Å². The van der Waals surface area contributed by atoms with Crippen molar-refractivity contribution in [2.75, 3.05) is 13.1 Å². The van der Waals surface area contributed by atoms with E-state index in [9.17, 15) is 4.79 Å². The predicted molar refractivity (Wildman–Crippen MR) is 110 cm³/mol. The van der Waals surface area contributed by atoms with Gasteiger partial charge in [0.15, 0.2) is 0 Å². The number of carbonyl (C=O) groups excluding carboxylic acids is 1. The van der Waals surface area contributed by atoms with Gasteiger partial charge in [0.05, 0.1) is 0 Å². The molecule has 0 radical (unpaired) electrons. The zero-order valence-electron chi connectivity index (χ0n) is 14.8. The summed E-state index contributed by atoms with van der Waals surface area (Å²) in [6.07, 6.45) is 6.62. The highest BCUT2D eigenvalue weighted by Gasteiger charge is 2.17. The standard InChI is InChI=1S/C22H23Cl2NO/c23-20-9-5-17(6-10-20)3-1-2-4-22(26)25-15-13-19(14-16-25)18-7-11-21(24)12-8-18/h5-13H,1-4,14-16H2. The first-order valence-corrected chi connectivity index (χ1v) is 9.84. The second-order valence-electron chi connectivity index (χ2n) is 6.66. The lowest BCUT2D eigenvalue weighted by Gasteiger charge is -2.27. The Morgan fingerprint density at radius 3 is 2.19 bits per heavy atom. The first kappa shape index (κ1) is 19.0. The number of carbonyl (C=O) groups is 1. The lowest BCUT2D eigenvalue weighted by atomic mass is 9.99. The molecule has 1 aliphatic heterocycles. The molecule has 0 saturated heterocycles. The van der Waals surface area contributed by atoms with E-state index in [1.54, 1.807) is 0 Å². The molecule has 1 heterocycles. The van der Waals surface area contributed by atoms with Crippen molar-refractivity contribution in [2.24, 2.45) is 0 Å². The Kier molecular flexibility index (Phi) is 6.76. The zero-order valence-corrected chi connectivity index (χ0v) is 16.3. The van der Waals surface area contributed by atoms with Gasteiger partial charge in [0.25, 0.3) is 0 Å². The fourth-order valence-corrected chi connectivity index (χ4v) is 3.49. The van der Waals surface area contributed by atoms with Crippen LogP contribution in [0.4, 0.5) is 0 Å². The maximum absolute atomic E-state index is 12.4. The Balaban J connectivity index is 1.41. The van der Waals surface area contributed by atoms with Gasteiger partial charge in [-0.25, -0.2) is 0 Å². The summed E-state index contributed by atoms with van der Waals surface area (Å²) in [6.45, 7) is 1.50. The minimum absolute atomic E-state index is 0.257. The third kappa shape index (κ3) is 5.36. The molecule has 0 bridgehead atoms. The minimum Gasteiger partial charge on any atom is -0.339 e. The minimum atomic E-state index is 0.257. The Bertz CT molecular complexity index is 766. The molecule has 0 saturated carbocycles. The fourth-order valence-electron chi connectivity index (χ4n) is 3.24. The monoisotopic (exact) mass is 387 g/mol. The van der Waals surface area contributed by atoms with Crippen LogP contribution in [-0.4, -0.2) is 23.9 Å². The summed E-state index contributed by atoms with van der Waals surface area (Å²) in [5.41, 5.74) is 3.77. The number of halogens is 2. The van der Waals surface area contributed by atoms with Gasteiger partial charge in [-0.3, -0.25) is 4.79 Å². The second-order valence-corrected chi connectivity index (χ2v) is 7.53. The fraction of sp³-hybridized carbons (Fsp3) is 0.318. The maximum Gasteiger partial charge on any atom is 0.222 e. The van der Waals surface area contributed by atoms with E-state index in [1.165, 1.54) is 16.7 Å². The van der Waals surface area contributed by atoms with Crippen LogP contribution in [0.15, 0.2) is 54.6 Å². The number of benzene rings is 2. The molecular weight excluding hydrogens is 365 g/mol. The molecule has 26 heavy (non-hydrogen) atoms. The smallest absolute Gasteiger partial charge is 0.222 e. The molecule has 0 spiro atoms. The van der Waals surface area contributed by atoms with Gasteiger partial charge in [0, 0.05) is 29.6 Å². The molecule has 0 unspecified atom stereocenters. The van der Waals surface area contributed by atoms with Gasteiger partial charge in [-0.15, -0.1) is 0 Å². The molecule has 4 heteroatoms. The van der Waals surface area contributed by atoms with E-state index in [2.05, 4.69) is 18.2 Å². The van der Waals surface area contributed by atoms with Gasteiger partial charge in [-0.1, -0.05) is 53.5 Å². The highest BCUT2D eigenvalue weighted by molar-refractivity contribution is 6.30. The lowest BCUT2D eigenvalue weighted by molar-refractivity contribution is -0.130. The first-order chi connectivity index (χ1) is 12.6. The zero-order chi connectivity index (χ0) is 18.4. The molecule has 2 nitrogen and oxygen atoms in total. The molecule has 0 atom stereocenters. The number of hydrogen-bond acceptors (Lipinski definition) is 1. The van der Waals surface area contributed by atoms with Crippen LogP contribution < -0.4 is 0 Å². The van der Waals surface area contributed by atoms with E-state index in [0.717, 1.165) is 42.3 Å². The molecule has 0 aliphatic carbocycles. The van der Waals surface area contributed by atoms with E-state index in [-0.39, 0.29) is 5.91 Å². The summed E-state index contributed by atoms with van der Waals surface area (Å²) in [6, 6.07) is 15.9. The number of rotatable bonds is 6. The van der Waals surface area contributed by atoms with Gasteiger partial charge >= 0.3 is 0 Å². The van der Waals surface area contributed by atoms with Crippen LogP contribution in [0.25, 0.3) is 5.57 Å². The summed E-state index contributed by atoms with van der Waals surface area (Å²) in [5, 5.41) is 1.51. The molecule has 1 aliphatic rings. The normalized spacial score (nSPS) is 14.2. The van der Waals surface area contributed by atoms with Crippen LogP contribution in [-0.2, 0) is 11.2 Å². The van der Waals surface area contributed by atoms with Crippen molar-refractivity contribution in [3.63, 3.8) is 0 Å². The first-order valence-electron chi connectivity index (χ1n) is 9.09. The number of unbranched alkanes of at least 4 members (excludes halogenated alkanes) is 1. The maximum atomic E-state index is 12.4. The van der Waals surface area contributed by atoms with Crippen molar-refractivity contribution in [2.45, 2.75) is 32.1 Å². The van der Waals surface area contributed by atoms with Crippen LogP contribution in [0, 0.1) is 0 Å². The number of nitrogens with zero attached hydrogens (tertiary/aromatic N) is 1. The van der Waals surface area contributed by atoms with Crippen molar-refractivity contribution in [1.29, 1.82) is 0 Å². The van der Waals surface area contributed by atoms with Gasteiger partial charge in [-0.2, -0.15) is 0 Å². The van der Waals surface area contributed by atoms with Crippen LogP contribution in [0.1, 0.15) is 36.8 Å². The molecule has 3 rings (SSSR count). The molecule has 2 aromatic carbocycles. The summed E-state index contributed by atoms with van der Waals surface area (Å²) < 4.78 is 0. The van der Waals surface area contributed by atoms with Gasteiger partial charge in [-0.05, 0) is 66.6 Å². The summed E-state index contributed by atoms with van der Waals surface area (Å²) in [5.74, 6) is 0.257. The number of amides is 1. The Labute approximate surface area is 165 Å². The van der Waals surface area contributed by atoms with Crippen LogP contribution >= 0.6 is 23.2 Å². The Morgan fingerprint density at radius 2 is 1.58 bits per heavy atom. The third-order valence-electron chi connectivity index (χ3n) is 4.80. The molecule has 0 aromatic heterocycles.